The van der Waals surface area contributed by atoms with Gasteiger partial charge in [0, 0.05) is 0 Å². The van der Waals surface area contributed by atoms with Gasteiger partial charge in [0.15, 0.2) is 5.78 Å². The Kier molecular flexibility index (Phi) is 3.89. The summed E-state index contributed by atoms with van der Waals surface area (Å²) in [6.07, 6.45) is 0. The summed E-state index contributed by atoms with van der Waals surface area (Å²) < 4.78 is 5.38. The molecule has 0 heterocycles. The van der Waals surface area contributed by atoms with E-state index in [0.29, 0.717) is 5.92 Å². The molecule has 0 saturated heterocycles. The first-order chi connectivity index (χ1) is 7.00. The van der Waals surface area contributed by atoms with Crippen LogP contribution in [0.5, 0.6) is 5.75 Å². The maximum absolute atomic E-state index is 10.8. The van der Waals surface area contributed by atoms with Crippen molar-refractivity contribution >= 4 is 5.78 Å². The van der Waals surface area contributed by atoms with Crippen molar-refractivity contribution < 1.29 is 9.53 Å². The lowest BCUT2D eigenvalue weighted by molar-refractivity contribution is -0.118. The Balaban J connectivity index is 2.79. The fourth-order valence-electron chi connectivity index (χ4n) is 1.37. The van der Waals surface area contributed by atoms with E-state index in [9.17, 15) is 4.79 Å². The van der Waals surface area contributed by atoms with Crippen LogP contribution in [0.4, 0.5) is 0 Å². The third kappa shape index (κ3) is 3.39. The lowest BCUT2D eigenvalue weighted by atomic mass is 10.0. The molecule has 0 atom stereocenters. The number of carbonyl (C=O) groups is 1. The van der Waals surface area contributed by atoms with Gasteiger partial charge in [0.25, 0.3) is 0 Å². The van der Waals surface area contributed by atoms with Crippen LogP contribution in [0.3, 0.4) is 0 Å². The van der Waals surface area contributed by atoms with Gasteiger partial charge >= 0.3 is 0 Å². The minimum Gasteiger partial charge on any atom is -0.486 e. The number of Topliss-reactive ketones (excluding diaryl/α,β-unsaturated/α-hetero) is 1. The third-order valence-electron chi connectivity index (χ3n) is 2.30. The second-order valence-corrected chi connectivity index (χ2v) is 4.17. The Hall–Kier alpha value is -1.31. The lowest BCUT2D eigenvalue weighted by Gasteiger charge is -2.11. The molecule has 0 N–H and O–H groups in total. The molecule has 1 rings (SSSR count). The van der Waals surface area contributed by atoms with Crippen LogP contribution in [-0.4, -0.2) is 12.4 Å². The molecule has 0 aromatic heterocycles. The predicted molar refractivity (Wildman–Crippen MR) is 61.4 cm³/mol. The first-order valence-corrected chi connectivity index (χ1v) is 5.23. The van der Waals surface area contributed by atoms with Gasteiger partial charge in [0.05, 0.1) is 0 Å². The number of carbonyl (C=O) groups excluding carboxylic acids is 1. The summed E-state index contributed by atoms with van der Waals surface area (Å²) in [7, 11) is 0. The molecule has 0 aliphatic heterocycles. The van der Waals surface area contributed by atoms with Crippen molar-refractivity contribution in [2.45, 2.75) is 33.6 Å². The van der Waals surface area contributed by atoms with Crippen molar-refractivity contribution in [1.29, 1.82) is 0 Å². The summed E-state index contributed by atoms with van der Waals surface area (Å²) in [5.41, 5.74) is 2.38. The maximum Gasteiger partial charge on any atom is 0.167 e. The number of benzene rings is 1. The van der Waals surface area contributed by atoms with Gasteiger partial charge in [-0.15, -0.1) is 0 Å². The van der Waals surface area contributed by atoms with E-state index in [1.165, 1.54) is 12.5 Å². The molecule has 82 valence electrons. The van der Waals surface area contributed by atoms with Gasteiger partial charge in [-0.3, -0.25) is 4.79 Å². The monoisotopic (exact) mass is 206 g/mol. The fourth-order valence-corrected chi connectivity index (χ4v) is 1.37. The van der Waals surface area contributed by atoms with Crippen LogP contribution in [0.25, 0.3) is 0 Å². The van der Waals surface area contributed by atoms with E-state index in [2.05, 4.69) is 19.9 Å². The van der Waals surface area contributed by atoms with Gasteiger partial charge in [-0.1, -0.05) is 26.0 Å². The maximum atomic E-state index is 10.8. The largest absolute Gasteiger partial charge is 0.486 e. The van der Waals surface area contributed by atoms with Crippen molar-refractivity contribution in [3.8, 4) is 5.75 Å². The highest BCUT2D eigenvalue weighted by Crippen LogP contribution is 2.23. The SMILES string of the molecule is CC(=O)COc1ccc(C(C)C)cc1C. The van der Waals surface area contributed by atoms with E-state index in [1.807, 2.05) is 19.1 Å². The topological polar surface area (TPSA) is 26.3 Å². The molecule has 15 heavy (non-hydrogen) atoms. The van der Waals surface area contributed by atoms with Crippen LogP contribution in [0.2, 0.25) is 0 Å². The molecule has 0 aliphatic carbocycles. The van der Waals surface area contributed by atoms with Gasteiger partial charge in [-0.05, 0) is 37.0 Å². The average Bonchev–Trinajstić information content (AvgIpc) is 2.15. The molecule has 0 spiro atoms. The van der Waals surface area contributed by atoms with Gasteiger partial charge in [0.1, 0.15) is 12.4 Å². The Bertz CT molecular complexity index is 354. The van der Waals surface area contributed by atoms with Crippen LogP contribution in [0.15, 0.2) is 18.2 Å². The van der Waals surface area contributed by atoms with Gasteiger partial charge in [-0.25, -0.2) is 0 Å². The van der Waals surface area contributed by atoms with Gasteiger partial charge in [0.2, 0.25) is 0 Å². The van der Waals surface area contributed by atoms with Crippen LogP contribution >= 0.6 is 0 Å². The summed E-state index contributed by atoms with van der Waals surface area (Å²) in [5, 5.41) is 0. The van der Waals surface area contributed by atoms with E-state index in [1.54, 1.807) is 0 Å². The molecule has 0 unspecified atom stereocenters. The molecular weight excluding hydrogens is 188 g/mol. The Morgan fingerprint density at radius 1 is 1.40 bits per heavy atom. The zero-order valence-corrected chi connectivity index (χ0v) is 9.83. The molecule has 1 aromatic carbocycles. The average molecular weight is 206 g/mol. The summed E-state index contributed by atoms with van der Waals surface area (Å²) >= 11 is 0. The van der Waals surface area contributed by atoms with Crippen molar-refractivity contribution in [2.75, 3.05) is 6.61 Å². The molecule has 0 saturated carbocycles. The van der Waals surface area contributed by atoms with Crippen LogP contribution in [0, 0.1) is 6.92 Å². The third-order valence-corrected chi connectivity index (χ3v) is 2.30. The fraction of sp³-hybridized carbons (Fsp3) is 0.462. The van der Waals surface area contributed by atoms with Crippen molar-refractivity contribution in [3.63, 3.8) is 0 Å². The molecule has 1 aromatic rings. The van der Waals surface area contributed by atoms with Gasteiger partial charge < -0.3 is 4.74 Å². The van der Waals surface area contributed by atoms with Gasteiger partial charge in [-0.2, -0.15) is 0 Å². The number of hydrogen-bond acceptors (Lipinski definition) is 2. The number of ketones is 1. The highest BCUT2D eigenvalue weighted by molar-refractivity contribution is 5.77. The number of hydrogen-bond donors (Lipinski definition) is 0. The Labute approximate surface area is 91.3 Å². The van der Waals surface area contributed by atoms with Crippen molar-refractivity contribution in [2.24, 2.45) is 0 Å². The first kappa shape index (κ1) is 11.8. The second-order valence-electron chi connectivity index (χ2n) is 4.17. The quantitative estimate of drug-likeness (QED) is 0.756. The first-order valence-electron chi connectivity index (χ1n) is 5.23. The molecule has 2 heteroatoms. The van der Waals surface area contributed by atoms with Crippen LogP contribution < -0.4 is 4.74 Å². The summed E-state index contributed by atoms with van der Waals surface area (Å²) in [5.74, 6) is 1.36. The number of aryl methyl sites for hydroxylation is 1. The normalized spacial score (nSPS) is 10.5. The Morgan fingerprint density at radius 3 is 2.53 bits per heavy atom. The minimum absolute atomic E-state index is 0.0438. The lowest BCUT2D eigenvalue weighted by Crippen LogP contribution is -2.07. The Morgan fingerprint density at radius 2 is 2.07 bits per heavy atom. The van der Waals surface area contributed by atoms with E-state index >= 15 is 0 Å². The molecular formula is C13H18O2. The van der Waals surface area contributed by atoms with Crippen molar-refractivity contribution in [3.05, 3.63) is 29.3 Å². The zero-order valence-electron chi connectivity index (χ0n) is 9.83. The highest BCUT2D eigenvalue weighted by Gasteiger charge is 2.04. The smallest absolute Gasteiger partial charge is 0.167 e. The van der Waals surface area contributed by atoms with E-state index in [-0.39, 0.29) is 12.4 Å². The molecule has 0 aliphatic rings. The number of ether oxygens (including phenoxy) is 1. The molecule has 0 bridgehead atoms. The van der Waals surface area contributed by atoms with Crippen LogP contribution in [-0.2, 0) is 4.79 Å². The van der Waals surface area contributed by atoms with E-state index < -0.39 is 0 Å². The standard InChI is InChI=1S/C13H18O2/c1-9(2)12-5-6-13(10(3)7-12)15-8-11(4)14/h5-7,9H,8H2,1-4H3. The number of rotatable bonds is 4. The molecule has 0 fully saturated rings. The predicted octanol–water partition coefficient (Wildman–Crippen LogP) is 3.09. The van der Waals surface area contributed by atoms with Crippen molar-refractivity contribution in [1.82, 2.24) is 0 Å². The summed E-state index contributed by atoms with van der Waals surface area (Å²) in [4.78, 5) is 10.8. The van der Waals surface area contributed by atoms with E-state index in [0.717, 1.165) is 11.3 Å². The highest BCUT2D eigenvalue weighted by atomic mass is 16.5. The molecule has 0 amide bonds. The van der Waals surface area contributed by atoms with Crippen LogP contribution in [0.1, 0.15) is 37.8 Å². The zero-order chi connectivity index (χ0) is 11.4. The summed E-state index contributed by atoms with van der Waals surface area (Å²) in [6.45, 7) is 8.00. The summed E-state index contributed by atoms with van der Waals surface area (Å²) in [6, 6.07) is 6.10. The second kappa shape index (κ2) is 4.96. The van der Waals surface area contributed by atoms with E-state index in [4.69, 9.17) is 4.74 Å². The molecule has 2 nitrogen and oxygen atoms in total. The molecule has 0 radical (unpaired) electrons. The minimum atomic E-state index is 0.0438.